The number of methoxy groups -OCH3 is 1. The first-order valence-electron chi connectivity index (χ1n) is 8.93. The quantitative estimate of drug-likeness (QED) is 0.407. The number of rotatable bonds is 4. The minimum Gasteiger partial charge on any atom is -0.496 e. The molecular formula is C20H14F4N2O4S2. The summed E-state index contributed by atoms with van der Waals surface area (Å²) in [7, 11) is -3.24. The van der Waals surface area contributed by atoms with E-state index in [1.807, 2.05) is 0 Å². The number of hydrogen-bond donors (Lipinski definition) is 1. The molecule has 2 heterocycles. The maximum atomic E-state index is 13.7. The summed E-state index contributed by atoms with van der Waals surface area (Å²) >= 11 is 0.736. The summed E-state index contributed by atoms with van der Waals surface area (Å²) in [5, 5.41) is -0.325. The van der Waals surface area contributed by atoms with E-state index in [1.165, 1.54) is 43.7 Å². The maximum absolute atomic E-state index is 13.7. The zero-order chi connectivity index (χ0) is 23.3. The number of thiazole rings is 1. The number of halogens is 4. The molecule has 168 valence electrons. The molecule has 0 fully saturated rings. The Morgan fingerprint density at radius 2 is 1.88 bits per heavy atom. The van der Waals surface area contributed by atoms with Crippen molar-refractivity contribution >= 4 is 32.7 Å². The van der Waals surface area contributed by atoms with Crippen LogP contribution in [-0.4, -0.2) is 25.1 Å². The van der Waals surface area contributed by atoms with Gasteiger partial charge in [0, 0.05) is 11.8 Å². The fourth-order valence-electron chi connectivity index (χ4n) is 3.47. The number of alkyl halides is 3. The molecule has 0 bridgehead atoms. The van der Waals surface area contributed by atoms with E-state index in [0.29, 0.717) is 16.7 Å². The highest BCUT2D eigenvalue weighted by Gasteiger charge is 2.35. The van der Waals surface area contributed by atoms with Gasteiger partial charge < -0.3 is 9.64 Å². The zero-order valence-corrected chi connectivity index (χ0v) is 17.8. The largest absolute Gasteiger partial charge is 0.496 e. The van der Waals surface area contributed by atoms with E-state index in [-0.39, 0.29) is 15.8 Å². The van der Waals surface area contributed by atoms with Crippen molar-refractivity contribution in [2.75, 3.05) is 12.0 Å². The summed E-state index contributed by atoms with van der Waals surface area (Å²) in [4.78, 5) is 5.23. The summed E-state index contributed by atoms with van der Waals surface area (Å²) in [5.74, 6) is -0.0630. The monoisotopic (exact) mass is 486 g/mol. The molecule has 0 aliphatic carbocycles. The van der Waals surface area contributed by atoms with E-state index in [9.17, 15) is 30.5 Å². The van der Waals surface area contributed by atoms with Crippen LogP contribution >= 0.6 is 11.3 Å². The average molecular weight is 486 g/mol. The van der Waals surface area contributed by atoms with Gasteiger partial charge in [0.05, 0.1) is 29.8 Å². The minimum atomic E-state index is -4.58. The summed E-state index contributed by atoms with van der Waals surface area (Å²) < 4.78 is 91.0. The number of ether oxygens (including phenoxy) is 1. The van der Waals surface area contributed by atoms with Gasteiger partial charge in [0.25, 0.3) is 10.1 Å². The molecule has 12 heteroatoms. The van der Waals surface area contributed by atoms with E-state index in [2.05, 4.69) is 4.98 Å². The fourth-order valence-corrected chi connectivity index (χ4v) is 4.65. The lowest BCUT2D eigenvalue weighted by atomic mass is 9.90. The number of aromatic nitrogens is 1. The first kappa shape index (κ1) is 22.2. The minimum absolute atomic E-state index is 0.0630. The molecule has 2 aromatic carbocycles. The SMILES string of the molecule is COc1cc(C(F)(F)F)ccc1C1c2ccc(S(=O)(=O)O)cc2C=CN1c1ncc(F)s1. The highest BCUT2D eigenvalue weighted by Crippen LogP contribution is 2.44. The first-order chi connectivity index (χ1) is 15.0. The van der Waals surface area contributed by atoms with Crippen LogP contribution in [0, 0.1) is 5.13 Å². The molecule has 1 aliphatic heterocycles. The summed E-state index contributed by atoms with van der Waals surface area (Å²) in [6.45, 7) is 0. The lowest BCUT2D eigenvalue weighted by Crippen LogP contribution is -2.28. The van der Waals surface area contributed by atoms with Crippen molar-refractivity contribution in [3.63, 3.8) is 0 Å². The number of nitrogens with zero attached hydrogens (tertiary/aromatic N) is 2. The van der Waals surface area contributed by atoms with Gasteiger partial charge in [-0.2, -0.15) is 26.0 Å². The van der Waals surface area contributed by atoms with Crippen LogP contribution in [0.4, 0.5) is 22.7 Å². The van der Waals surface area contributed by atoms with Gasteiger partial charge in [0.2, 0.25) is 0 Å². The van der Waals surface area contributed by atoms with Crippen LogP contribution in [0.5, 0.6) is 5.75 Å². The summed E-state index contributed by atoms with van der Waals surface area (Å²) in [6, 6.07) is 6.06. The Morgan fingerprint density at radius 3 is 2.47 bits per heavy atom. The molecule has 0 saturated carbocycles. The van der Waals surface area contributed by atoms with E-state index in [1.54, 1.807) is 4.90 Å². The van der Waals surface area contributed by atoms with Crippen molar-refractivity contribution in [3.8, 4) is 5.75 Å². The van der Waals surface area contributed by atoms with Crippen LogP contribution in [0.25, 0.3) is 6.08 Å². The third kappa shape index (κ3) is 4.08. The third-order valence-corrected chi connectivity index (χ3v) is 6.53. The van der Waals surface area contributed by atoms with E-state index in [4.69, 9.17) is 4.74 Å². The van der Waals surface area contributed by atoms with Gasteiger partial charge in [0.15, 0.2) is 10.3 Å². The number of benzene rings is 2. The Bertz CT molecular complexity index is 1320. The Kier molecular flexibility index (Phi) is 5.47. The second kappa shape index (κ2) is 7.87. The van der Waals surface area contributed by atoms with E-state index in [0.717, 1.165) is 29.7 Å². The summed E-state index contributed by atoms with van der Waals surface area (Å²) in [6.07, 6.45) is -0.517. The fraction of sp³-hybridized carbons (Fsp3) is 0.150. The molecule has 0 radical (unpaired) electrons. The Morgan fingerprint density at radius 1 is 1.16 bits per heavy atom. The van der Waals surface area contributed by atoms with Gasteiger partial charge in [-0.1, -0.05) is 23.5 Å². The summed E-state index contributed by atoms with van der Waals surface area (Å²) in [5.41, 5.74) is 0.313. The molecule has 1 unspecified atom stereocenters. The Hall–Kier alpha value is -2.96. The van der Waals surface area contributed by atoms with Crippen molar-refractivity contribution in [1.29, 1.82) is 0 Å². The van der Waals surface area contributed by atoms with Crippen molar-refractivity contribution in [3.05, 3.63) is 76.2 Å². The van der Waals surface area contributed by atoms with Crippen LogP contribution in [0.2, 0.25) is 0 Å². The molecule has 32 heavy (non-hydrogen) atoms. The molecule has 0 saturated heterocycles. The highest BCUT2D eigenvalue weighted by molar-refractivity contribution is 7.85. The topological polar surface area (TPSA) is 79.7 Å². The first-order valence-corrected chi connectivity index (χ1v) is 11.2. The molecule has 0 amide bonds. The van der Waals surface area contributed by atoms with E-state index >= 15 is 0 Å². The molecule has 1 atom stereocenters. The normalized spacial score (nSPS) is 16.2. The Labute approximate surface area is 184 Å². The molecule has 1 aromatic heterocycles. The third-order valence-electron chi connectivity index (χ3n) is 4.89. The zero-order valence-electron chi connectivity index (χ0n) is 16.2. The predicted molar refractivity (Wildman–Crippen MR) is 110 cm³/mol. The molecule has 1 aliphatic rings. The van der Waals surface area contributed by atoms with Crippen LogP contribution in [-0.2, 0) is 16.3 Å². The smallest absolute Gasteiger partial charge is 0.416 e. The Balaban J connectivity index is 1.93. The maximum Gasteiger partial charge on any atom is 0.416 e. The van der Waals surface area contributed by atoms with Gasteiger partial charge in [-0.05, 0) is 41.5 Å². The van der Waals surface area contributed by atoms with E-state index < -0.39 is 33.0 Å². The number of hydrogen-bond acceptors (Lipinski definition) is 6. The van der Waals surface area contributed by atoms with Gasteiger partial charge in [-0.3, -0.25) is 4.55 Å². The van der Waals surface area contributed by atoms with Crippen LogP contribution in [0.3, 0.4) is 0 Å². The van der Waals surface area contributed by atoms with Crippen LogP contribution in [0.15, 0.2) is 53.7 Å². The van der Waals surface area contributed by atoms with Crippen LogP contribution < -0.4 is 9.64 Å². The second-order valence-electron chi connectivity index (χ2n) is 6.79. The van der Waals surface area contributed by atoms with Crippen molar-refractivity contribution in [2.45, 2.75) is 17.1 Å². The van der Waals surface area contributed by atoms with Gasteiger partial charge in [-0.15, -0.1) is 0 Å². The number of anilines is 1. The van der Waals surface area contributed by atoms with Gasteiger partial charge in [-0.25, -0.2) is 4.98 Å². The lowest BCUT2D eigenvalue weighted by molar-refractivity contribution is -0.137. The van der Waals surface area contributed by atoms with Crippen molar-refractivity contribution in [2.24, 2.45) is 0 Å². The standard InChI is InChI=1S/C20H14F4N2O4S2/c1-30-16-9-12(20(22,23)24)2-4-15(16)18-14-5-3-13(32(27,28)29)8-11(14)6-7-26(18)19-25-10-17(21)31-19/h2-10,18H,1H3,(H,27,28,29). The molecule has 4 rings (SSSR count). The molecular weight excluding hydrogens is 472 g/mol. The van der Waals surface area contributed by atoms with Crippen LogP contribution in [0.1, 0.15) is 28.3 Å². The molecule has 6 nitrogen and oxygen atoms in total. The number of fused-ring (bicyclic) bond motifs is 1. The van der Waals surface area contributed by atoms with Gasteiger partial charge >= 0.3 is 6.18 Å². The molecule has 3 aromatic rings. The van der Waals surface area contributed by atoms with Crippen molar-refractivity contribution < 1.29 is 35.3 Å². The van der Waals surface area contributed by atoms with Gasteiger partial charge in [0.1, 0.15) is 5.75 Å². The molecule has 0 spiro atoms. The average Bonchev–Trinajstić information content (AvgIpc) is 3.16. The highest BCUT2D eigenvalue weighted by atomic mass is 32.2. The lowest BCUT2D eigenvalue weighted by Gasteiger charge is -2.34. The second-order valence-corrected chi connectivity index (χ2v) is 9.17. The van der Waals surface area contributed by atoms with Crippen molar-refractivity contribution in [1.82, 2.24) is 4.98 Å². The predicted octanol–water partition coefficient (Wildman–Crippen LogP) is 5.14. The molecule has 1 N–H and O–H groups in total.